The van der Waals surface area contributed by atoms with Crippen LogP contribution in [0.1, 0.15) is 27.0 Å². The molecule has 0 aliphatic rings. The van der Waals surface area contributed by atoms with Crippen LogP contribution in [-0.2, 0) is 33.9 Å². The number of alkyl halides is 3. The van der Waals surface area contributed by atoms with Crippen molar-refractivity contribution in [1.82, 2.24) is 15.5 Å². The zero-order valence-corrected chi connectivity index (χ0v) is 27.5. The van der Waals surface area contributed by atoms with Crippen LogP contribution in [0.4, 0.5) is 13.2 Å². The van der Waals surface area contributed by atoms with E-state index in [-0.39, 0.29) is 30.7 Å². The number of rotatable bonds is 12. The summed E-state index contributed by atoms with van der Waals surface area (Å²) in [7, 11) is 0. The Balaban J connectivity index is 0.000000755. The van der Waals surface area contributed by atoms with E-state index < -0.39 is 12.1 Å². The molecule has 0 atom stereocenters. The van der Waals surface area contributed by atoms with E-state index in [1.807, 2.05) is 97.1 Å². The van der Waals surface area contributed by atoms with Crippen LogP contribution < -0.4 is 16.4 Å². The van der Waals surface area contributed by atoms with Crippen LogP contribution >= 0.6 is 0 Å². The lowest BCUT2D eigenvalue weighted by atomic mass is 9.97. The number of hydrogen-bond acceptors (Lipinski definition) is 5. The predicted molar refractivity (Wildman–Crippen MR) is 188 cm³/mol. The molecule has 0 saturated carbocycles. The second kappa shape index (κ2) is 18.1. The summed E-state index contributed by atoms with van der Waals surface area (Å²) < 4.78 is 31.7. The van der Waals surface area contributed by atoms with Crippen molar-refractivity contribution in [3.63, 3.8) is 0 Å². The van der Waals surface area contributed by atoms with Gasteiger partial charge in [-0.2, -0.15) is 13.2 Å². The third kappa shape index (κ3) is 11.3. The smallest absolute Gasteiger partial charge is 0.475 e. The Hall–Kier alpha value is -6.01. The molecule has 0 spiro atoms. The van der Waals surface area contributed by atoms with Crippen molar-refractivity contribution in [2.24, 2.45) is 5.73 Å². The van der Waals surface area contributed by atoms with E-state index in [9.17, 15) is 27.6 Å². The number of amides is 3. The van der Waals surface area contributed by atoms with E-state index in [2.05, 4.69) is 28.8 Å². The highest BCUT2D eigenvalue weighted by Gasteiger charge is 2.38. The molecular formula is C39H37F3N4O5. The van der Waals surface area contributed by atoms with Crippen LogP contribution in [-0.4, -0.2) is 59.5 Å². The number of carboxylic acid groups (broad SMARTS) is 1. The summed E-state index contributed by atoms with van der Waals surface area (Å²) in [4.78, 5) is 49.9. The Morgan fingerprint density at radius 3 is 2.08 bits per heavy atom. The van der Waals surface area contributed by atoms with Crippen molar-refractivity contribution in [2.75, 3.05) is 19.6 Å². The molecule has 0 aromatic heterocycles. The topological polar surface area (TPSA) is 142 Å². The molecular weight excluding hydrogens is 661 g/mol. The zero-order chi connectivity index (χ0) is 36.8. The second-order valence-corrected chi connectivity index (χ2v) is 11.4. The normalized spacial score (nSPS) is 10.8. The second-order valence-electron chi connectivity index (χ2n) is 11.4. The molecule has 264 valence electrons. The summed E-state index contributed by atoms with van der Waals surface area (Å²) >= 11 is 0. The lowest BCUT2D eigenvalue weighted by Gasteiger charge is -2.24. The van der Waals surface area contributed by atoms with Gasteiger partial charge in [-0.3, -0.25) is 14.4 Å². The number of aliphatic carboxylic acids is 1. The van der Waals surface area contributed by atoms with E-state index in [4.69, 9.17) is 15.6 Å². The molecule has 51 heavy (non-hydrogen) atoms. The van der Waals surface area contributed by atoms with Crippen LogP contribution in [0.15, 0.2) is 121 Å². The van der Waals surface area contributed by atoms with Gasteiger partial charge in [0.2, 0.25) is 11.8 Å². The number of carbonyl (C=O) groups excluding carboxylic acids is 3. The van der Waals surface area contributed by atoms with Crippen molar-refractivity contribution >= 4 is 34.5 Å². The molecule has 0 radical (unpaired) electrons. The van der Waals surface area contributed by atoms with Crippen LogP contribution in [0, 0.1) is 0 Å². The maximum absolute atomic E-state index is 13.7. The lowest BCUT2D eigenvalue weighted by molar-refractivity contribution is -0.192. The SMILES string of the molecule is NCCNC(=O)c1ccccc1-c1cccc(CN(Cc2cccc3ccccc23)C(=O)CNC(=O)Cc2ccccc2)c1.O=C(O)C(F)(F)F. The monoisotopic (exact) mass is 698 g/mol. The molecule has 0 heterocycles. The van der Waals surface area contributed by atoms with E-state index in [0.29, 0.717) is 31.7 Å². The summed E-state index contributed by atoms with van der Waals surface area (Å²) in [5, 5.41) is 15.0. The van der Waals surface area contributed by atoms with Gasteiger partial charge in [0.1, 0.15) is 0 Å². The average Bonchev–Trinajstić information content (AvgIpc) is 3.13. The van der Waals surface area contributed by atoms with Crippen molar-refractivity contribution < 1.29 is 37.5 Å². The Labute approximate surface area is 292 Å². The van der Waals surface area contributed by atoms with Gasteiger partial charge in [-0.15, -0.1) is 0 Å². The van der Waals surface area contributed by atoms with Gasteiger partial charge < -0.3 is 26.4 Å². The lowest BCUT2D eigenvalue weighted by Crippen LogP contribution is -2.40. The first-order chi connectivity index (χ1) is 24.5. The van der Waals surface area contributed by atoms with Gasteiger partial charge >= 0.3 is 12.1 Å². The fourth-order valence-electron chi connectivity index (χ4n) is 5.27. The molecule has 0 bridgehead atoms. The van der Waals surface area contributed by atoms with Gasteiger partial charge in [0.25, 0.3) is 5.91 Å². The minimum absolute atomic E-state index is 0.111. The van der Waals surface area contributed by atoms with Gasteiger partial charge in [-0.05, 0) is 50.7 Å². The number of carboxylic acids is 1. The molecule has 0 saturated heterocycles. The van der Waals surface area contributed by atoms with E-state index >= 15 is 0 Å². The Bertz CT molecular complexity index is 1960. The summed E-state index contributed by atoms with van der Waals surface area (Å²) in [6.07, 6.45) is -4.88. The largest absolute Gasteiger partial charge is 0.490 e. The molecule has 12 heteroatoms. The molecule has 5 rings (SSSR count). The van der Waals surface area contributed by atoms with E-state index in [1.165, 1.54) is 0 Å². The minimum atomic E-state index is -5.08. The molecule has 0 aliphatic heterocycles. The predicted octanol–water partition coefficient (Wildman–Crippen LogP) is 5.72. The molecule has 5 aromatic rings. The summed E-state index contributed by atoms with van der Waals surface area (Å²) in [6, 6.07) is 39.0. The summed E-state index contributed by atoms with van der Waals surface area (Å²) in [5.74, 6) is -3.34. The number of nitrogens with one attached hydrogen (secondary N) is 2. The van der Waals surface area contributed by atoms with Crippen LogP contribution in [0.5, 0.6) is 0 Å². The van der Waals surface area contributed by atoms with Gasteiger partial charge in [-0.25, -0.2) is 4.79 Å². The summed E-state index contributed by atoms with van der Waals surface area (Å²) in [5.41, 5.74) is 10.6. The van der Waals surface area contributed by atoms with Gasteiger partial charge in [-0.1, -0.05) is 109 Å². The van der Waals surface area contributed by atoms with Crippen molar-refractivity contribution in [3.8, 4) is 11.1 Å². The number of halogens is 3. The van der Waals surface area contributed by atoms with Gasteiger partial charge in [0, 0.05) is 31.7 Å². The molecule has 5 aromatic carbocycles. The molecule has 0 aliphatic carbocycles. The van der Waals surface area contributed by atoms with Crippen molar-refractivity contribution in [3.05, 3.63) is 144 Å². The van der Waals surface area contributed by atoms with E-state index in [1.54, 1.807) is 11.0 Å². The number of nitrogens with zero attached hydrogens (tertiary/aromatic N) is 1. The fraction of sp³-hybridized carbons (Fsp3) is 0.179. The quantitative estimate of drug-likeness (QED) is 0.132. The first-order valence-corrected chi connectivity index (χ1v) is 16.0. The Morgan fingerprint density at radius 2 is 1.35 bits per heavy atom. The average molecular weight is 699 g/mol. The first-order valence-electron chi connectivity index (χ1n) is 16.0. The van der Waals surface area contributed by atoms with E-state index in [0.717, 1.165) is 38.6 Å². The van der Waals surface area contributed by atoms with Crippen LogP contribution in [0.2, 0.25) is 0 Å². The number of carbonyl (C=O) groups is 4. The number of nitrogens with two attached hydrogens (primary N) is 1. The molecule has 0 unspecified atom stereocenters. The van der Waals surface area contributed by atoms with Gasteiger partial charge in [0.15, 0.2) is 0 Å². The number of fused-ring (bicyclic) bond motifs is 1. The zero-order valence-electron chi connectivity index (χ0n) is 27.5. The number of benzene rings is 5. The molecule has 3 amide bonds. The number of hydrogen-bond donors (Lipinski definition) is 4. The standard InChI is InChI=1S/C37H36N4O3.C2HF3O2/c38-20-21-39-37(44)34-19-7-6-18-33(34)30-15-8-12-28(22-30)25-41(26-31-16-9-14-29-13-4-5-17-32(29)31)36(43)24-40-35(42)23-27-10-2-1-3-11-27;3-2(4,5)1(6)7/h1-19,22H,20-21,23-26,38H2,(H,39,44)(H,40,42);(H,6,7). The molecule has 0 fully saturated rings. The third-order valence-corrected chi connectivity index (χ3v) is 7.69. The van der Waals surface area contributed by atoms with Crippen LogP contribution in [0.3, 0.4) is 0 Å². The highest BCUT2D eigenvalue weighted by Crippen LogP contribution is 2.26. The highest BCUT2D eigenvalue weighted by atomic mass is 19.4. The van der Waals surface area contributed by atoms with Gasteiger partial charge in [0.05, 0.1) is 13.0 Å². The Morgan fingerprint density at radius 1 is 0.725 bits per heavy atom. The minimum Gasteiger partial charge on any atom is -0.475 e. The maximum atomic E-state index is 13.7. The molecule has 9 nitrogen and oxygen atoms in total. The first kappa shape index (κ1) is 37.8. The molecule has 5 N–H and O–H groups in total. The van der Waals surface area contributed by atoms with Crippen molar-refractivity contribution in [2.45, 2.75) is 25.7 Å². The van der Waals surface area contributed by atoms with Crippen molar-refractivity contribution in [1.29, 1.82) is 0 Å². The Kier molecular flexibility index (Phi) is 13.4. The highest BCUT2D eigenvalue weighted by molar-refractivity contribution is 6.01. The fourth-order valence-corrected chi connectivity index (χ4v) is 5.27. The third-order valence-electron chi connectivity index (χ3n) is 7.69. The van der Waals surface area contributed by atoms with Crippen LogP contribution in [0.25, 0.3) is 21.9 Å². The maximum Gasteiger partial charge on any atom is 0.490 e. The summed E-state index contributed by atoms with van der Waals surface area (Å²) in [6.45, 7) is 1.33.